The smallest absolute Gasteiger partial charge is 0.225 e. The fourth-order valence-electron chi connectivity index (χ4n) is 5.14. The van der Waals surface area contributed by atoms with Crippen molar-refractivity contribution in [3.05, 3.63) is 23.7 Å². The topological polar surface area (TPSA) is 71.5 Å². The van der Waals surface area contributed by atoms with Crippen LogP contribution in [0.1, 0.15) is 49.7 Å². The molecule has 3 aliphatic rings. The summed E-state index contributed by atoms with van der Waals surface area (Å²) in [5.74, 6) is 3.13. The van der Waals surface area contributed by atoms with E-state index >= 15 is 0 Å². The van der Waals surface area contributed by atoms with E-state index in [0.29, 0.717) is 18.4 Å². The Balaban J connectivity index is 0.00000121. The van der Waals surface area contributed by atoms with Gasteiger partial charge in [-0.05, 0) is 76.1 Å². The lowest BCUT2D eigenvalue weighted by molar-refractivity contribution is -0.127. The molecule has 148 valence electrons. The van der Waals surface area contributed by atoms with Gasteiger partial charge in [0.2, 0.25) is 5.91 Å². The van der Waals surface area contributed by atoms with Crippen molar-refractivity contribution in [1.82, 2.24) is 10.2 Å². The van der Waals surface area contributed by atoms with Crippen molar-refractivity contribution in [2.45, 2.75) is 51.1 Å². The van der Waals surface area contributed by atoms with Crippen molar-refractivity contribution in [3.8, 4) is 0 Å². The van der Waals surface area contributed by atoms with Gasteiger partial charge in [0.15, 0.2) is 0 Å². The molecule has 3 N–H and O–H groups in total. The Bertz CT molecular complexity index is 601. The number of fused-ring (bicyclic) bond motifs is 2. The summed E-state index contributed by atoms with van der Waals surface area (Å²) in [6.07, 6.45) is 5.97. The average Bonchev–Trinajstić information content (AvgIpc) is 3.31. The van der Waals surface area contributed by atoms with E-state index in [4.69, 9.17) is 10.2 Å². The molecule has 5 atom stereocenters. The highest BCUT2D eigenvalue weighted by Crippen LogP contribution is 2.47. The molecule has 0 radical (unpaired) electrons. The van der Waals surface area contributed by atoms with Crippen molar-refractivity contribution in [2.24, 2.45) is 23.5 Å². The summed E-state index contributed by atoms with van der Waals surface area (Å²) in [4.78, 5) is 15.2. The Kier molecular flexibility index (Phi) is 7.43. The molecule has 1 saturated heterocycles. The first-order valence-electron chi connectivity index (χ1n) is 9.47. The predicted octanol–water partition coefficient (Wildman–Crippen LogP) is 3.06. The standard InChI is InChI=1S/C19H29N3O2.2ClH/c1-12-4-7-16(24-12)15(22-8-2-3-9-22)11-21-19(23)17-13-5-6-14(10-13)18(17)20;;/h4,7,13-15,17-18H,2-3,5-6,8-11,20H2,1H3,(H,21,23);2*1H. The number of amides is 1. The van der Waals surface area contributed by atoms with Gasteiger partial charge in [-0.15, -0.1) is 24.8 Å². The zero-order chi connectivity index (χ0) is 16.7. The van der Waals surface area contributed by atoms with E-state index in [9.17, 15) is 4.79 Å². The monoisotopic (exact) mass is 403 g/mol. The second-order valence-corrected chi connectivity index (χ2v) is 7.89. The largest absolute Gasteiger partial charge is 0.465 e. The second kappa shape index (κ2) is 8.96. The van der Waals surface area contributed by atoms with E-state index in [-0.39, 0.29) is 48.7 Å². The fraction of sp³-hybridized carbons (Fsp3) is 0.737. The molecule has 0 aromatic carbocycles. The lowest BCUT2D eigenvalue weighted by atomic mass is 9.84. The van der Waals surface area contributed by atoms with E-state index in [0.717, 1.165) is 31.0 Å². The number of furan rings is 1. The van der Waals surface area contributed by atoms with Gasteiger partial charge in [0.05, 0.1) is 12.0 Å². The van der Waals surface area contributed by atoms with Gasteiger partial charge in [-0.2, -0.15) is 0 Å². The van der Waals surface area contributed by atoms with Gasteiger partial charge in [-0.3, -0.25) is 9.69 Å². The normalized spacial score (nSPS) is 31.3. The molecular formula is C19H31Cl2N3O2. The Morgan fingerprint density at radius 1 is 1.27 bits per heavy atom. The quantitative estimate of drug-likeness (QED) is 0.792. The van der Waals surface area contributed by atoms with Gasteiger partial charge < -0.3 is 15.5 Å². The minimum Gasteiger partial charge on any atom is -0.465 e. The molecule has 1 aromatic heterocycles. The van der Waals surface area contributed by atoms with Crippen LogP contribution in [-0.2, 0) is 4.79 Å². The molecule has 1 aromatic rings. The maximum Gasteiger partial charge on any atom is 0.225 e. The Morgan fingerprint density at radius 3 is 2.54 bits per heavy atom. The third kappa shape index (κ3) is 4.06. The summed E-state index contributed by atoms with van der Waals surface area (Å²) in [6.45, 7) is 4.74. The minimum atomic E-state index is 0. The highest BCUT2D eigenvalue weighted by atomic mass is 35.5. The van der Waals surface area contributed by atoms with Crippen molar-refractivity contribution < 1.29 is 9.21 Å². The minimum absolute atomic E-state index is 0. The first kappa shape index (κ1) is 21.5. The maximum atomic E-state index is 12.8. The highest BCUT2D eigenvalue weighted by Gasteiger charge is 2.49. The van der Waals surface area contributed by atoms with Crippen LogP contribution in [0.15, 0.2) is 16.5 Å². The third-order valence-electron chi connectivity index (χ3n) is 6.42. The van der Waals surface area contributed by atoms with Gasteiger partial charge >= 0.3 is 0 Å². The molecule has 3 fully saturated rings. The molecule has 1 aliphatic heterocycles. The van der Waals surface area contributed by atoms with E-state index in [2.05, 4.69) is 10.2 Å². The number of carbonyl (C=O) groups excluding carboxylic acids is 1. The van der Waals surface area contributed by atoms with Crippen LogP contribution in [0.2, 0.25) is 0 Å². The Labute approximate surface area is 168 Å². The van der Waals surface area contributed by atoms with Gasteiger partial charge in [0.1, 0.15) is 11.5 Å². The molecule has 2 bridgehead atoms. The number of nitrogens with zero attached hydrogens (tertiary/aromatic N) is 1. The summed E-state index contributed by atoms with van der Waals surface area (Å²) in [6, 6.07) is 4.25. The number of carbonyl (C=O) groups is 1. The molecule has 5 unspecified atom stereocenters. The number of nitrogens with two attached hydrogens (primary N) is 1. The first-order chi connectivity index (χ1) is 11.6. The predicted molar refractivity (Wildman–Crippen MR) is 107 cm³/mol. The zero-order valence-electron chi connectivity index (χ0n) is 15.4. The van der Waals surface area contributed by atoms with Crippen LogP contribution in [0.25, 0.3) is 0 Å². The summed E-state index contributed by atoms with van der Waals surface area (Å²) in [5, 5.41) is 3.20. The fourth-order valence-corrected chi connectivity index (χ4v) is 5.14. The van der Waals surface area contributed by atoms with E-state index < -0.39 is 0 Å². The lowest BCUT2D eigenvalue weighted by Gasteiger charge is -2.30. The Morgan fingerprint density at radius 2 is 1.96 bits per heavy atom. The molecule has 2 aliphatic carbocycles. The van der Waals surface area contributed by atoms with Gasteiger partial charge in [-0.25, -0.2) is 0 Å². The number of nitrogens with one attached hydrogen (secondary N) is 1. The van der Waals surface area contributed by atoms with Crippen LogP contribution in [0.5, 0.6) is 0 Å². The molecule has 5 nitrogen and oxygen atoms in total. The molecule has 26 heavy (non-hydrogen) atoms. The van der Waals surface area contributed by atoms with Gasteiger partial charge in [-0.1, -0.05) is 0 Å². The molecule has 1 amide bonds. The zero-order valence-corrected chi connectivity index (χ0v) is 17.0. The first-order valence-corrected chi connectivity index (χ1v) is 9.47. The molecule has 4 rings (SSSR count). The number of rotatable bonds is 5. The maximum absolute atomic E-state index is 12.8. The summed E-state index contributed by atoms with van der Waals surface area (Å²) < 4.78 is 5.87. The van der Waals surface area contributed by atoms with E-state index in [1.807, 2.05) is 19.1 Å². The average molecular weight is 404 g/mol. The van der Waals surface area contributed by atoms with Crippen molar-refractivity contribution in [3.63, 3.8) is 0 Å². The number of likely N-dealkylation sites (tertiary alicyclic amines) is 1. The summed E-state index contributed by atoms with van der Waals surface area (Å²) in [5.41, 5.74) is 6.32. The van der Waals surface area contributed by atoms with Crippen LogP contribution in [-0.4, -0.2) is 36.5 Å². The Hall–Kier alpha value is -0.750. The van der Waals surface area contributed by atoms with Crippen molar-refractivity contribution in [2.75, 3.05) is 19.6 Å². The van der Waals surface area contributed by atoms with Crippen LogP contribution in [0, 0.1) is 24.7 Å². The van der Waals surface area contributed by atoms with Crippen LogP contribution in [0.4, 0.5) is 0 Å². The van der Waals surface area contributed by atoms with E-state index in [1.165, 1.54) is 25.7 Å². The third-order valence-corrected chi connectivity index (χ3v) is 6.42. The van der Waals surface area contributed by atoms with Crippen LogP contribution >= 0.6 is 24.8 Å². The van der Waals surface area contributed by atoms with Crippen LogP contribution < -0.4 is 11.1 Å². The number of hydrogen-bond donors (Lipinski definition) is 2. The molecule has 0 spiro atoms. The molecule has 2 heterocycles. The number of aryl methyl sites for hydroxylation is 1. The van der Waals surface area contributed by atoms with Crippen molar-refractivity contribution >= 4 is 30.7 Å². The molecule has 7 heteroatoms. The molecule has 2 saturated carbocycles. The number of halogens is 2. The van der Waals surface area contributed by atoms with Gasteiger partial charge in [0, 0.05) is 12.6 Å². The van der Waals surface area contributed by atoms with E-state index in [1.54, 1.807) is 0 Å². The molecular weight excluding hydrogens is 373 g/mol. The second-order valence-electron chi connectivity index (χ2n) is 7.89. The number of hydrogen-bond acceptors (Lipinski definition) is 4. The SMILES string of the molecule is Cc1ccc(C(CNC(=O)C2C3CCC(C3)C2N)N2CCCC2)o1.Cl.Cl. The van der Waals surface area contributed by atoms with Crippen molar-refractivity contribution in [1.29, 1.82) is 0 Å². The summed E-state index contributed by atoms with van der Waals surface area (Å²) >= 11 is 0. The van der Waals surface area contributed by atoms with Gasteiger partial charge in [0.25, 0.3) is 0 Å². The van der Waals surface area contributed by atoms with Crippen LogP contribution in [0.3, 0.4) is 0 Å². The lowest BCUT2D eigenvalue weighted by Crippen LogP contribution is -2.47. The highest BCUT2D eigenvalue weighted by molar-refractivity contribution is 5.85. The summed E-state index contributed by atoms with van der Waals surface area (Å²) in [7, 11) is 0.